The van der Waals surface area contributed by atoms with Gasteiger partial charge in [0.2, 0.25) is 10.0 Å². The summed E-state index contributed by atoms with van der Waals surface area (Å²) in [5.41, 5.74) is 0.622. The van der Waals surface area contributed by atoms with Crippen LogP contribution in [0, 0.1) is 11.6 Å². The van der Waals surface area contributed by atoms with Crippen molar-refractivity contribution in [3.63, 3.8) is 0 Å². The number of carbonyl (C=O) groups is 2. The molecule has 2 aromatic rings. The minimum atomic E-state index is -3.80. The highest BCUT2D eigenvalue weighted by molar-refractivity contribution is 7.89. The molecule has 0 aliphatic carbocycles. The summed E-state index contributed by atoms with van der Waals surface area (Å²) in [7, 11) is -2.44. The lowest BCUT2D eigenvalue weighted by Crippen LogP contribution is -2.34. The highest BCUT2D eigenvalue weighted by Crippen LogP contribution is 2.15. The summed E-state index contributed by atoms with van der Waals surface area (Å²) < 4.78 is 57.2. The van der Waals surface area contributed by atoms with E-state index in [4.69, 9.17) is 4.74 Å². The molecule has 0 aromatic heterocycles. The van der Waals surface area contributed by atoms with Gasteiger partial charge in [-0.1, -0.05) is 12.1 Å². The lowest BCUT2D eigenvalue weighted by Gasteiger charge is -2.21. The number of amides is 1. The van der Waals surface area contributed by atoms with Gasteiger partial charge in [0.25, 0.3) is 5.91 Å². The normalized spacial score (nSPS) is 11.4. The van der Waals surface area contributed by atoms with Crippen LogP contribution in [0.15, 0.2) is 53.4 Å². The second kappa shape index (κ2) is 11.7. The van der Waals surface area contributed by atoms with Gasteiger partial charge in [-0.05, 0) is 55.3 Å². The molecule has 0 saturated carbocycles. The van der Waals surface area contributed by atoms with E-state index < -0.39 is 40.1 Å². The standard InChI is InChI=1S/C22H26F2N2O5S/c1-3-26(15-17-6-4-7-19(24)14-17)21(27)16-31-22(28)8-5-13-25(2)32(29,30)20-11-9-18(23)10-12-20/h4,6-7,9-12,14H,3,5,8,13,15-16H2,1-2H3. The van der Waals surface area contributed by atoms with Crippen molar-refractivity contribution in [3.05, 3.63) is 65.7 Å². The molecule has 1 amide bonds. The molecule has 0 saturated heterocycles. The maximum absolute atomic E-state index is 13.3. The Balaban J connectivity index is 1.77. The zero-order valence-electron chi connectivity index (χ0n) is 18.0. The van der Waals surface area contributed by atoms with E-state index in [9.17, 15) is 26.8 Å². The Bertz CT molecular complexity index is 1030. The summed E-state index contributed by atoms with van der Waals surface area (Å²) >= 11 is 0. The van der Waals surface area contributed by atoms with Crippen molar-refractivity contribution in [3.8, 4) is 0 Å². The number of sulfonamides is 1. The molecule has 7 nitrogen and oxygen atoms in total. The second-order valence-corrected chi connectivity index (χ2v) is 9.13. The van der Waals surface area contributed by atoms with E-state index in [0.29, 0.717) is 12.1 Å². The summed E-state index contributed by atoms with van der Waals surface area (Å²) in [5, 5.41) is 0. The number of carbonyl (C=O) groups excluding carboxylic acids is 2. The van der Waals surface area contributed by atoms with E-state index in [1.54, 1.807) is 19.1 Å². The van der Waals surface area contributed by atoms with Crippen LogP contribution in [0.1, 0.15) is 25.3 Å². The Hall–Kier alpha value is -2.85. The molecule has 2 aromatic carbocycles. The minimum absolute atomic E-state index is 0.0451. The van der Waals surface area contributed by atoms with Gasteiger partial charge in [-0.15, -0.1) is 0 Å². The topological polar surface area (TPSA) is 84.0 Å². The van der Waals surface area contributed by atoms with Crippen molar-refractivity contribution in [2.75, 3.05) is 26.7 Å². The maximum Gasteiger partial charge on any atom is 0.306 e. The Kier molecular flexibility index (Phi) is 9.27. The van der Waals surface area contributed by atoms with Crippen LogP contribution in [0.2, 0.25) is 0 Å². The highest BCUT2D eigenvalue weighted by atomic mass is 32.2. The molecular formula is C22H26F2N2O5S. The summed E-state index contributed by atoms with van der Waals surface area (Å²) in [4.78, 5) is 25.6. The molecule has 32 heavy (non-hydrogen) atoms. The Labute approximate surface area is 186 Å². The van der Waals surface area contributed by atoms with Gasteiger partial charge in [-0.3, -0.25) is 9.59 Å². The van der Waals surface area contributed by atoms with E-state index in [2.05, 4.69) is 0 Å². The van der Waals surface area contributed by atoms with Crippen LogP contribution in [0.3, 0.4) is 0 Å². The number of esters is 1. The van der Waals surface area contributed by atoms with Crippen molar-refractivity contribution in [1.29, 1.82) is 0 Å². The first-order valence-corrected chi connectivity index (χ1v) is 11.5. The number of ether oxygens (including phenoxy) is 1. The summed E-state index contributed by atoms with van der Waals surface area (Å²) in [6.07, 6.45) is 0.108. The Morgan fingerprint density at radius 2 is 1.72 bits per heavy atom. The third-order valence-corrected chi connectivity index (χ3v) is 6.60. The SMILES string of the molecule is CCN(Cc1cccc(F)c1)C(=O)COC(=O)CCCN(C)S(=O)(=O)c1ccc(F)cc1. The molecule has 0 atom stereocenters. The fraction of sp³-hybridized carbons (Fsp3) is 0.364. The lowest BCUT2D eigenvalue weighted by molar-refractivity contribution is -0.152. The smallest absolute Gasteiger partial charge is 0.306 e. The van der Waals surface area contributed by atoms with Gasteiger partial charge in [0.1, 0.15) is 11.6 Å². The molecule has 0 N–H and O–H groups in total. The monoisotopic (exact) mass is 468 g/mol. The number of halogens is 2. The van der Waals surface area contributed by atoms with Crippen LogP contribution in [0.5, 0.6) is 0 Å². The molecule has 0 spiro atoms. The number of hydrogen-bond donors (Lipinski definition) is 0. The van der Waals surface area contributed by atoms with Crippen LogP contribution >= 0.6 is 0 Å². The largest absolute Gasteiger partial charge is 0.456 e. The molecular weight excluding hydrogens is 442 g/mol. The predicted octanol–water partition coefficient (Wildman–Crippen LogP) is 2.96. The number of benzene rings is 2. The number of nitrogens with zero attached hydrogens (tertiary/aromatic N) is 2. The fourth-order valence-corrected chi connectivity index (χ4v) is 4.10. The van der Waals surface area contributed by atoms with Crippen LogP contribution in [-0.4, -0.2) is 56.2 Å². The zero-order valence-corrected chi connectivity index (χ0v) is 18.8. The van der Waals surface area contributed by atoms with Gasteiger partial charge in [-0.2, -0.15) is 0 Å². The van der Waals surface area contributed by atoms with Gasteiger partial charge in [0.15, 0.2) is 6.61 Å². The Morgan fingerprint density at radius 3 is 2.34 bits per heavy atom. The fourth-order valence-electron chi connectivity index (χ4n) is 2.89. The van der Waals surface area contributed by atoms with Gasteiger partial charge in [0, 0.05) is 33.1 Å². The Morgan fingerprint density at radius 1 is 1.03 bits per heavy atom. The molecule has 0 radical (unpaired) electrons. The van der Waals surface area contributed by atoms with Gasteiger partial charge < -0.3 is 9.64 Å². The molecule has 0 aliphatic heterocycles. The lowest BCUT2D eigenvalue weighted by atomic mass is 10.2. The van der Waals surface area contributed by atoms with Crippen LogP contribution in [-0.2, 0) is 30.9 Å². The van der Waals surface area contributed by atoms with Crippen molar-refractivity contribution in [1.82, 2.24) is 9.21 Å². The molecule has 0 unspecified atom stereocenters. The second-order valence-electron chi connectivity index (χ2n) is 7.08. The quantitative estimate of drug-likeness (QED) is 0.474. The zero-order chi connectivity index (χ0) is 23.7. The van der Waals surface area contributed by atoms with E-state index in [-0.39, 0.29) is 30.8 Å². The van der Waals surface area contributed by atoms with E-state index in [1.807, 2.05) is 0 Å². The third kappa shape index (κ3) is 7.38. The van der Waals surface area contributed by atoms with Crippen LogP contribution < -0.4 is 0 Å². The first kappa shape index (κ1) is 25.4. The van der Waals surface area contributed by atoms with Crippen LogP contribution in [0.4, 0.5) is 8.78 Å². The predicted molar refractivity (Wildman–Crippen MR) is 114 cm³/mol. The van der Waals surface area contributed by atoms with Crippen LogP contribution in [0.25, 0.3) is 0 Å². The molecule has 0 heterocycles. The van der Waals surface area contributed by atoms with E-state index in [0.717, 1.165) is 16.4 Å². The third-order valence-electron chi connectivity index (χ3n) is 4.73. The number of hydrogen-bond acceptors (Lipinski definition) is 5. The number of likely N-dealkylation sites (N-methyl/N-ethyl adjacent to an activating group) is 1. The van der Waals surface area contributed by atoms with Crippen molar-refractivity contribution >= 4 is 21.9 Å². The van der Waals surface area contributed by atoms with Gasteiger partial charge in [0.05, 0.1) is 4.90 Å². The summed E-state index contributed by atoms with van der Waals surface area (Å²) in [5.74, 6) is -1.99. The first-order valence-electron chi connectivity index (χ1n) is 10.0. The van der Waals surface area contributed by atoms with Gasteiger partial charge in [-0.25, -0.2) is 21.5 Å². The van der Waals surface area contributed by atoms with Gasteiger partial charge >= 0.3 is 5.97 Å². The molecule has 0 bridgehead atoms. The maximum atomic E-state index is 13.3. The molecule has 0 aliphatic rings. The average molecular weight is 469 g/mol. The van der Waals surface area contributed by atoms with Crippen molar-refractivity contribution in [2.24, 2.45) is 0 Å². The highest BCUT2D eigenvalue weighted by Gasteiger charge is 2.21. The van der Waals surface area contributed by atoms with Crippen molar-refractivity contribution in [2.45, 2.75) is 31.2 Å². The average Bonchev–Trinajstić information content (AvgIpc) is 2.76. The minimum Gasteiger partial charge on any atom is -0.456 e. The molecule has 0 fully saturated rings. The molecule has 174 valence electrons. The molecule has 2 rings (SSSR count). The van der Waals surface area contributed by atoms with Crippen molar-refractivity contribution < 1.29 is 31.5 Å². The summed E-state index contributed by atoms with van der Waals surface area (Å²) in [6, 6.07) is 10.3. The van der Waals surface area contributed by atoms with E-state index in [1.165, 1.54) is 36.2 Å². The number of rotatable bonds is 11. The summed E-state index contributed by atoms with van der Waals surface area (Å²) in [6.45, 7) is 1.90. The van der Waals surface area contributed by atoms with E-state index >= 15 is 0 Å². The first-order chi connectivity index (χ1) is 15.1. The molecule has 10 heteroatoms.